The molecular weight excluding hydrogens is 248 g/mol. The summed E-state index contributed by atoms with van der Waals surface area (Å²) in [5.41, 5.74) is 2.60. The van der Waals surface area contributed by atoms with Gasteiger partial charge in [0.1, 0.15) is 11.5 Å². The molecule has 0 radical (unpaired) electrons. The molecule has 0 bridgehead atoms. The largest absolute Gasteiger partial charge is 0.493 e. The summed E-state index contributed by atoms with van der Waals surface area (Å²) in [5, 5.41) is 0. The molecule has 1 heterocycles. The minimum atomic E-state index is 0.330. The summed E-state index contributed by atoms with van der Waals surface area (Å²) >= 11 is 0. The third-order valence-electron chi connectivity index (χ3n) is 3.80. The zero-order valence-corrected chi connectivity index (χ0v) is 12.0. The minimum absolute atomic E-state index is 0.330. The summed E-state index contributed by atoms with van der Waals surface area (Å²) in [4.78, 5) is 0. The smallest absolute Gasteiger partial charge is 0.123 e. The van der Waals surface area contributed by atoms with Crippen molar-refractivity contribution in [3.05, 3.63) is 59.7 Å². The van der Waals surface area contributed by atoms with Crippen LogP contribution in [0.2, 0.25) is 0 Å². The predicted octanol–water partition coefficient (Wildman–Crippen LogP) is 4.37. The molecule has 0 aliphatic carbocycles. The number of hydrogen-bond acceptors (Lipinski definition) is 2. The van der Waals surface area contributed by atoms with Crippen LogP contribution in [-0.4, -0.2) is 13.2 Å². The summed E-state index contributed by atoms with van der Waals surface area (Å²) in [6.07, 6.45) is 0. The normalized spacial score (nSPS) is 16.9. The van der Waals surface area contributed by atoms with E-state index in [4.69, 9.17) is 9.47 Å². The van der Waals surface area contributed by atoms with Crippen molar-refractivity contribution in [1.29, 1.82) is 0 Å². The van der Waals surface area contributed by atoms with E-state index < -0.39 is 0 Å². The van der Waals surface area contributed by atoms with Crippen LogP contribution in [0.1, 0.15) is 36.8 Å². The Hall–Kier alpha value is -1.96. The lowest BCUT2D eigenvalue weighted by atomic mass is 10.0. The fraction of sp³-hybridized carbons (Fsp3) is 0.333. The van der Waals surface area contributed by atoms with Gasteiger partial charge in [-0.05, 0) is 29.7 Å². The van der Waals surface area contributed by atoms with Crippen molar-refractivity contribution in [2.45, 2.75) is 25.7 Å². The van der Waals surface area contributed by atoms with Gasteiger partial charge in [0.25, 0.3) is 0 Å². The van der Waals surface area contributed by atoms with Crippen molar-refractivity contribution in [2.24, 2.45) is 0 Å². The number of hydrogen-bond donors (Lipinski definition) is 0. The van der Waals surface area contributed by atoms with Crippen molar-refractivity contribution in [1.82, 2.24) is 0 Å². The fourth-order valence-corrected chi connectivity index (χ4v) is 2.51. The van der Waals surface area contributed by atoms with E-state index in [1.807, 2.05) is 12.1 Å². The first-order valence-corrected chi connectivity index (χ1v) is 7.18. The molecule has 20 heavy (non-hydrogen) atoms. The first-order chi connectivity index (χ1) is 9.74. The zero-order valence-electron chi connectivity index (χ0n) is 12.0. The molecule has 2 heteroatoms. The molecular formula is C18H20O2. The van der Waals surface area contributed by atoms with Crippen LogP contribution in [0.4, 0.5) is 0 Å². The molecule has 1 atom stereocenters. The second kappa shape index (κ2) is 5.58. The molecule has 0 amide bonds. The maximum Gasteiger partial charge on any atom is 0.123 e. The van der Waals surface area contributed by atoms with Gasteiger partial charge >= 0.3 is 0 Å². The Morgan fingerprint density at radius 3 is 2.60 bits per heavy atom. The average molecular weight is 268 g/mol. The van der Waals surface area contributed by atoms with E-state index in [9.17, 15) is 0 Å². The Balaban J connectivity index is 1.63. The van der Waals surface area contributed by atoms with Gasteiger partial charge in [-0.25, -0.2) is 0 Å². The minimum Gasteiger partial charge on any atom is -0.493 e. The number of para-hydroxylation sites is 1. The van der Waals surface area contributed by atoms with Crippen molar-refractivity contribution in [3.63, 3.8) is 0 Å². The molecule has 1 aliphatic heterocycles. The highest BCUT2D eigenvalue weighted by Crippen LogP contribution is 2.33. The average Bonchev–Trinajstić information content (AvgIpc) is 2.89. The van der Waals surface area contributed by atoms with E-state index >= 15 is 0 Å². The highest BCUT2D eigenvalue weighted by Gasteiger charge is 2.24. The van der Waals surface area contributed by atoms with Crippen molar-refractivity contribution in [3.8, 4) is 11.5 Å². The second-order valence-corrected chi connectivity index (χ2v) is 5.58. The monoisotopic (exact) mass is 268 g/mol. The first kappa shape index (κ1) is 13.0. The van der Waals surface area contributed by atoms with E-state index in [2.05, 4.69) is 50.2 Å². The number of benzene rings is 2. The van der Waals surface area contributed by atoms with E-state index in [-0.39, 0.29) is 0 Å². The summed E-state index contributed by atoms with van der Waals surface area (Å²) in [7, 11) is 0. The van der Waals surface area contributed by atoms with Crippen LogP contribution in [0, 0.1) is 0 Å². The molecule has 2 nitrogen and oxygen atoms in total. The van der Waals surface area contributed by atoms with Gasteiger partial charge in [-0.2, -0.15) is 0 Å². The zero-order chi connectivity index (χ0) is 13.9. The first-order valence-electron chi connectivity index (χ1n) is 7.18. The lowest BCUT2D eigenvalue weighted by molar-refractivity contribution is 0.248. The highest BCUT2D eigenvalue weighted by atomic mass is 16.5. The van der Waals surface area contributed by atoms with Gasteiger partial charge < -0.3 is 9.47 Å². The molecule has 0 spiro atoms. The standard InChI is InChI=1S/C18H20O2/c1-13(2)14-7-9-16(10-8-14)19-11-15-12-20-18-6-4-3-5-17(15)18/h3-10,13,15H,11-12H2,1-2H3. The van der Waals surface area contributed by atoms with Gasteiger partial charge in [0.15, 0.2) is 0 Å². The van der Waals surface area contributed by atoms with Gasteiger partial charge in [0.05, 0.1) is 19.1 Å². The van der Waals surface area contributed by atoms with E-state index in [0.29, 0.717) is 25.0 Å². The number of rotatable bonds is 4. The summed E-state index contributed by atoms with van der Waals surface area (Å²) in [6.45, 7) is 5.77. The van der Waals surface area contributed by atoms with Crippen LogP contribution >= 0.6 is 0 Å². The fourth-order valence-electron chi connectivity index (χ4n) is 2.51. The van der Waals surface area contributed by atoms with Gasteiger partial charge in [-0.1, -0.05) is 44.2 Å². The van der Waals surface area contributed by atoms with E-state index in [1.165, 1.54) is 11.1 Å². The van der Waals surface area contributed by atoms with Gasteiger partial charge in [0.2, 0.25) is 0 Å². The molecule has 1 aliphatic rings. The van der Waals surface area contributed by atoms with Crippen LogP contribution in [0.5, 0.6) is 11.5 Å². The van der Waals surface area contributed by atoms with Crippen LogP contribution in [0.15, 0.2) is 48.5 Å². The Morgan fingerprint density at radius 1 is 1.10 bits per heavy atom. The van der Waals surface area contributed by atoms with Crippen LogP contribution in [0.3, 0.4) is 0 Å². The highest BCUT2D eigenvalue weighted by molar-refractivity contribution is 5.40. The number of ether oxygens (including phenoxy) is 2. The molecule has 0 saturated heterocycles. The van der Waals surface area contributed by atoms with Crippen molar-refractivity contribution < 1.29 is 9.47 Å². The third kappa shape index (κ3) is 2.64. The van der Waals surface area contributed by atoms with Gasteiger partial charge in [-0.15, -0.1) is 0 Å². The Morgan fingerprint density at radius 2 is 1.85 bits per heavy atom. The SMILES string of the molecule is CC(C)c1ccc(OCC2COc3ccccc32)cc1. The van der Waals surface area contributed by atoms with Crippen molar-refractivity contribution >= 4 is 0 Å². The van der Waals surface area contributed by atoms with Crippen LogP contribution in [-0.2, 0) is 0 Å². The molecule has 1 unspecified atom stereocenters. The predicted molar refractivity (Wildman–Crippen MR) is 80.7 cm³/mol. The maximum atomic E-state index is 5.90. The second-order valence-electron chi connectivity index (χ2n) is 5.58. The summed E-state index contributed by atoms with van der Waals surface area (Å²) in [6, 6.07) is 16.6. The molecule has 0 saturated carbocycles. The van der Waals surface area contributed by atoms with E-state index in [1.54, 1.807) is 0 Å². The Labute approximate surface area is 120 Å². The number of fused-ring (bicyclic) bond motifs is 1. The van der Waals surface area contributed by atoms with Crippen LogP contribution < -0.4 is 9.47 Å². The van der Waals surface area contributed by atoms with E-state index in [0.717, 1.165) is 11.5 Å². The summed E-state index contributed by atoms with van der Waals surface area (Å²) < 4.78 is 11.6. The van der Waals surface area contributed by atoms with Gasteiger partial charge in [0, 0.05) is 5.56 Å². The third-order valence-corrected chi connectivity index (χ3v) is 3.80. The quantitative estimate of drug-likeness (QED) is 0.820. The Bertz CT molecular complexity index is 572. The molecule has 2 aromatic rings. The molecule has 0 N–H and O–H groups in total. The van der Waals surface area contributed by atoms with Crippen molar-refractivity contribution in [2.75, 3.05) is 13.2 Å². The Kier molecular flexibility index (Phi) is 3.64. The molecule has 0 fully saturated rings. The molecule has 2 aromatic carbocycles. The van der Waals surface area contributed by atoms with Gasteiger partial charge in [-0.3, -0.25) is 0 Å². The lowest BCUT2D eigenvalue weighted by Crippen LogP contribution is -2.11. The maximum absolute atomic E-state index is 5.90. The molecule has 0 aromatic heterocycles. The molecule has 104 valence electrons. The lowest BCUT2D eigenvalue weighted by Gasteiger charge is -2.12. The summed E-state index contributed by atoms with van der Waals surface area (Å²) in [5.74, 6) is 2.81. The van der Waals surface area contributed by atoms with Crippen LogP contribution in [0.25, 0.3) is 0 Å². The molecule has 3 rings (SSSR count). The topological polar surface area (TPSA) is 18.5 Å².